The van der Waals surface area contributed by atoms with Crippen LogP contribution in [0.3, 0.4) is 0 Å². The second kappa shape index (κ2) is 6.32. The number of hydrogen-bond donors (Lipinski definition) is 0. The van der Waals surface area contributed by atoms with Crippen molar-refractivity contribution < 1.29 is 9.15 Å². The quantitative estimate of drug-likeness (QED) is 0.854. The van der Waals surface area contributed by atoms with Crippen LogP contribution in [-0.2, 0) is 0 Å². The second-order valence-corrected chi connectivity index (χ2v) is 6.81. The number of aromatic nitrogens is 1. The number of oxazole rings is 1. The molecule has 130 valence electrons. The molecule has 0 N–H and O–H groups in total. The van der Waals surface area contributed by atoms with E-state index in [1.807, 2.05) is 12.1 Å². The van der Waals surface area contributed by atoms with Gasteiger partial charge in [-0.2, -0.15) is 5.26 Å². The Balaban J connectivity index is 1.44. The number of ether oxygens (including phenoxy) is 1. The summed E-state index contributed by atoms with van der Waals surface area (Å²) in [7, 11) is 1.68. The van der Waals surface area contributed by atoms with E-state index < -0.39 is 0 Å². The lowest BCUT2D eigenvalue weighted by Gasteiger charge is -2.35. The van der Waals surface area contributed by atoms with Gasteiger partial charge in [-0.15, -0.1) is 0 Å². The molecule has 1 saturated heterocycles. The summed E-state index contributed by atoms with van der Waals surface area (Å²) >= 11 is 0. The first-order valence-electron chi connectivity index (χ1n) is 8.74. The number of hydrogen-bond acceptors (Lipinski definition) is 6. The maximum atomic E-state index is 9.39. The third kappa shape index (κ3) is 3.02. The fourth-order valence-electron chi connectivity index (χ4n) is 3.40. The van der Waals surface area contributed by atoms with Crippen LogP contribution in [0.15, 0.2) is 28.7 Å². The molecule has 2 aromatic rings. The Morgan fingerprint density at radius 3 is 2.36 bits per heavy atom. The maximum Gasteiger partial charge on any atom is 0.234 e. The summed E-state index contributed by atoms with van der Waals surface area (Å²) < 4.78 is 11.2. The van der Waals surface area contributed by atoms with Crippen molar-refractivity contribution in [2.75, 3.05) is 43.1 Å². The van der Waals surface area contributed by atoms with Crippen LogP contribution < -0.4 is 14.5 Å². The van der Waals surface area contributed by atoms with Gasteiger partial charge in [-0.05, 0) is 36.6 Å². The van der Waals surface area contributed by atoms with Crippen LogP contribution in [0, 0.1) is 17.2 Å². The Morgan fingerprint density at radius 1 is 1.16 bits per heavy atom. The molecule has 0 amide bonds. The van der Waals surface area contributed by atoms with Crippen molar-refractivity contribution in [1.82, 2.24) is 4.98 Å². The third-order valence-electron chi connectivity index (χ3n) is 5.16. The molecule has 0 bridgehead atoms. The highest BCUT2D eigenvalue weighted by Gasteiger charge is 2.39. The van der Waals surface area contributed by atoms with E-state index in [0.717, 1.165) is 44.2 Å². The Kier molecular flexibility index (Phi) is 4.00. The lowest BCUT2D eigenvalue weighted by Crippen LogP contribution is -2.46. The van der Waals surface area contributed by atoms with E-state index in [1.165, 1.54) is 5.69 Å². The van der Waals surface area contributed by atoms with Crippen LogP contribution in [0.1, 0.15) is 30.8 Å². The molecule has 2 heterocycles. The van der Waals surface area contributed by atoms with Gasteiger partial charge in [-0.1, -0.05) is 6.92 Å². The number of rotatable bonds is 4. The van der Waals surface area contributed by atoms with Gasteiger partial charge >= 0.3 is 0 Å². The molecule has 2 aliphatic rings. The average molecular weight is 338 g/mol. The first kappa shape index (κ1) is 15.8. The number of nitriles is 1. The molecule has 2 fully saturated rings. The lowest BCUT2D eigenvalue weighted by molar-refractivity contribution is 0.415. The van der Waals surface area contributed by atoms with Crippen LogP contribution in [0.4, 0.5) is 11.6 Å². The van der Waals surface area contributed by atoms with Crippen molar-refractivity contribution in [3.8, 4) is 11.8 Å². The minimum absolute atomic E-state index is 0.390. The van der Waals surface area contributed by atoms with Gasteiger partial charge in [0.1, 0.15) is 11.8 Å². The van der Waals surface area contributed by atoms with Gasteiger partial charge in [0.05, 0.1) is 7.11 Å². The summed E-state index contributed by atoms with van der Waals surface area (Å²) in [4.78, 5) is 8.89. The fraction of sp³-hybridized carbons (Fsp3) is 0.474. The zero-order valence-corrected chi connectivity index (χ0v) is 14.6. The van der Waals surface area contributed by atoms with Gasteiger partial charge in [0, 0.05) is 37.8 Å². The molecule has 25 heavy (non-hydrogen) atoms. The Labute approximate surface area is 147 Å². The Bertz CT molecular complexity index is 785. The topological polar surface area (TPSA) is 65.5 Å². The summed E-state index contributed by atoms with van der Waals surface area (Å²) in [6, 6.07) is 10.3. The summed E-state index contributed by atoms with van der Waals surface area (Å²) in [5.74, 6) is 3.25. The fourth-order valence-corrected chi connectivity index (χ4v) is 3.40. The van der Waals surface area contributed by atoms with Crippen LogP contribution >= 0.6 is 0 Å². The Morgan fingerprint density at radius 2 is 1.80 bits per heavy atom. The van der Waals surface area contributed by atoms with Gasteiger partial charge in [0.15, 0.2) is 0 Å². The van der Waals surface area contributed by atoms with Crippen molar-refractivity contribution >= 4 is 11.6 Å². The number of methoxy groups -OCH3 is 1. The number of piperazine rings is 1. The first-order chi connectivity index (χ1) is 12.2. The van der Waals surface area contributed by atoms with Crippen molar-refractivity contribution in [3.05, 3.63) is 35.9 Å². The molecule has 4 rings (SSSR count). The molecule has 1 aromatic heterocycles. The lowest BCUT2D eigenvalue weighted by atomic mass is 10.2. The molecule has 0 spiro atoms. The summed E-state index contributed by atoms with van der Waals surface area (Å²) in [6.07, 6.45) is 1.11. The predicted octanol–water partition coefficient (Wildman–Crippen LogP) is 3.00. The van der Waals surface area contributed by atoms with Crippen LogP contribution in [0.2, 0.25) is 0 Å². The summed E-state index contributed by atoms with van der Waals surface area (Å²) in [6.45, 7) is 5.58. The van der Waals surface area contributed by atoms with E-state index in [1.54, 1.807) is 7.11 Å². The van der Waals surface area contributed by atoms with Gasteiger partial charge in [-0.3, -0.25) is 0 Å². The standard InChI is InChI=1S/C19H22N4O2/c1-13-11-16(13)18-21-17(12-20)19(25-18)23-9-7-22(8-10-23)14-3-5-15(24-2)6-4-14/h3-6,13,16H,7-11H2,1-2H3. The SMILES string of the molecule is COc1ccc(N2CCN(c3oc(C4CC4C)nc3C#N)CC2)cc1. The number of nitrogens with zero attached hydrogens (tertiary/aromatic N) is 4. The highest BCUT2D eigenvalue weighted by molar-refractivity contribution is 5.53. The molecule has 6 nitrogen and oxygen atoms in total. The molecule has 2 atom stereocenters. The summed E-state index contributed by atoms with van der Waals surface area (Å²) in [5, 5.41) is 9.39. The molecule has 1 saturated carbocycles. The predicted molar refractivity (Wildman–Crippen MR) is 95.2 cm³/mol. The number of benzene rings is 1. The van der Waals surface area contributed by atoms with E-state index in [-0.39, 0.29) is 0 Å². The molecular weight excluding hydrogens is 316 g/mol. The molecule has 1 aliphatic carbocycles. The van der Waals surface area contributed by atoms with Crippen LogP contribution in [0.5, 0.6) is 5.75 Å². The highest BCUT2D eigenvalue weighted by Crippen LogP contribution is 2.47. The highest BCUT2D eigenvalue weighted by atomic mass is 16.5. The molecule has 1 aromatic carbocycles. The van der Waals surface area contributed by atoms with Crippen LogP contribution in [-0.4, -0.2) is 38.3 Å². The second-order valence-electron chi connectivity index (χ2n) is 6.81. The van der Waals surface area contributed by atoms with Crippen molar-refractivity contribution in [1.29, 1.82) is 5.26 Å². The molecule has 1 aliphatic heterocycles. The zero-order valence-electron chi connectivity index (χ0n) is 14.6. The minimum Gasteiger partial charge on any atom is -0.497 e. The normalized spacial score (nSPS) is 22.6. The monoisotopic (exact) mass is 338 g/mol. The zero-order chi connectivity index (χ0) is 17.4. The largest absolute Gasteiger partial charge is 0.497 e. The molecule has 2 unspecified atom stereocenters. The summed E-state index contributed by atoms with van der Waals surface area (Å²) in [5.41, 5.74) is 1.61. The van der Waals surface area contributed by atoms with E-state index in [2.05, 4.69) is 39.9 Å². The minimum atomic E-state index is 0.390. The van der Waals surface area contributed by atoms with E-state index in [4.69, 9.17) is 9.15 Å². The van der Waals surface area contributed by atoms with Gasteiger partial charge in [0.25, 0.3) is 0 Å². The molecule has 0 radical (unpaired) electrons. The van der Waals surface area contributed by atoms with Crippen LogP contribution in [0.25, 0.3) is 0 Å². The average Bonchev–Trinajstić information content (AvgIpc) is 3.24. The third-order valence-corrected chi connectivity index (χ3v) is 5.16. The van der Waals surface area contributed by atoms with Crippen molar-refractivity contribution in [2.24, 2.45) is 5.92 Å². The smallest absolute Gasteiger partial charge is 0.234 e. The first-order valence-corrected chi connectivity index (χ1v) is 8.74. The van der Waals surface area contributed by atoms with Crippen molar-refractivity contribution in [3.63, 3.8) is 0 Å². The van der Waals surface area contributed by atoms with E-state index >= 15 is 0 Å². The van der Waals surface area contributed by atoms with E-state index in [0.29, 0.717) is 23.4 Å². The molecular formula is C19H22N4O2. The molecule has 6 heteroatoms. The van der Waals surface area contributed by atoms with Crippen molar-refractivity contribution in [2.45, 2.75) is 19.3 Å². The Hall–Kier alpha value is -2.68. The maximum absolute atomic E-state index is 9.39. The van der Waals surface area contributed by atoms with Gasteiger partial charge in [-0.25, -0.2) is 4.98 Å². The van der Waals surface area contributed by atoms with Gasteiger partial charge in [0.2, 0.25) is 17.5 Å². The van der Waals surface area contributed by atoms with Gasteiger partial charge < -0.3 is 19.0 Å². The number of anilines is 2. The van der Waals surface area contributed by atoms with E-state index in [9.17, 15) is 5.26 Å².